The summed E-state index contributed by atoms with van der Waals surface area (Å²) in [6, 6.07) is 25.4. The fraction of sp³-hybridized carbons (Fsp3) is 0.231. The minimum atomic E-state index is -3.48. The van der Waals surface area contributed by atoms with Crippen LogP contribution in [0.4, 0.5) is 0 Å². The molecule has 6 heteroatoms. The molecule has 3 aromatic rings. The number of rotatable bonds is 11. The second kappa shape index (κ2) is 11.6. The molecule has 0 aromatic heterocycles. The fourth-order valence-electron chi connectivity index (χ4n) is 3.17. The summed E-state index contributed by atoms with van der Waals surface area (Å²) in [5, 5.41) is 10.8. The third-order valence-corrected chi connectivity index (χ3v) is 6.81. The minimum absolute atomic E-state index is 0.0592. The van der Waals surface area contributed by atoms with Gasteiger partial charge in [-0.05, 0) is 41.8 Å². The summed E-state index contributed by atoms with van der Waals surface area (Å²) in [5.41, 5.74) is 1.89. The van der Waals surface area contributed by atoms with Crippen LogP contribution < -0.4 is 4.74 Å². The molecule has 0 aliphatic carbocycles. The molecule has 0 saturated heterocycles. The molecule has 5 nitrogen and oxygen atoms in total. The van der Waals surface area contributed by atoms with Crippen molar-refractivity contribution in [2.24, 2.45) is 0 Å². The van der Waals surface area contributed by atoms with Gasteiger partial charge in [0.2, 0.25) is 0 Å². The molecule has 32 heavy (non-hydrogen) atoms. The molecule has 1 N–H and O–H groups in total. The zero-order valence-corrected chi connectivity index (χ0v) is 18.8. The van der Waals surface area contributed by atoms with Gasteiger partial charge in [-0.1, -0.05) is 72.8 Å². The van der Waals surface area contributed by atoms with Crippen LogP contribution in [-0.2, 0) is 21.2 Å². The van der Waals surface area contributed by atoms with Crippen molar-refractivity contribution in [3.8, 4) is 5.75 Å². The number of benzene rings is 3. The van der Waals surface area contributed by atoms with Crippen molar-refractivity contribution in [1.29, 1.82) is 0 Å². The van der Waals surface area contributed by atoms with Crippen LogP contribution in [0, 0.1) is 0 Å². The number of sulfone groups is 1. The second-order valence-electron chi connectivity index (χ2n) is 7.38. The third kappa shape index (κ3) is 7.05. The lowest BCUT2D eigenvalue weighted by Crippen LogP contribution is -2.29. The Kier molecular flexibility index (Phi) is 8.62. The normalized spacial score (nSPS) is 13.7. The Morgan fingerprint density at radius 1 is 0.906 bits per heavy atom. The minimum Gasteiger partial charge on any atom is -0.497 e. The number of aliphatic hydroxyl groups is 1. The van der Waals surface area contributed by atoms with Crippen LogP contribution in [0.15, 0.2) is 95.9 Å². The second-order valence-corrected chi connectivity index (χ2v) is 9.49. The van der Waals surface area contributed by atoms with E-state index in [1.54, 1.807) is 43.5 Å². The van der Waals surface area contributed by atoms with Crippen LogP contribution in [-0.4, -0.2) is 38.6 Å². The van der Waals surface area contributed by atoms with Gasteiger partial charge in [0.05, 0.1) is 30.5 Å². The summed E-state index contributed by atoms with van der Waals surface area (Å²) in [5.74, 6) is 0.583. The quantitative estimate of drug-likeness (QED) is 0.463. The van der Waals surface area contributed by atoms with Crippen LogP contribution in [0.2, 0.25) is 0 Å². The molecule has 3 rings (SSSR count). The summed E-state index contributed by atoms with van der Waals surface area (Å²) < 4.78 is 36.3. The molecule has 0 radical (unpaired) electrons. The van der Waals surface area contributed by atoms with E-state index in [2.05, 4.69) is 0 Å². The van der Waals surface area contributed by atoms with Crippen LogP contribution in [0.3, 0.4) is 0 Å². The highest BCUT2D eigenvalue weighted by molar-refractivity contribution is 7.91. The van der Waals surface area contributed by atoms with Crippen LogP contribution >= 0.6 is 0 Å². The first-order chi connectivity index (χ1) is 15.5. The SMILES string of the molecule is COc1ccc(CO[C@@H](C=Cc2ccccc2)[C@@H](O)CCS(=O)(=O)c2ccccc2)cc1. The molecule has 0 bridgehead atoms. The van der Waals surface area contributed by atoms with Crippen molar-refractivity contribution < 1.29 is 23.0 Å². The van der Waals surface area contributed by atoms with Crippen molar-refractivity contribution in [3.63, 3.8) is 0 Å². The average Bonchev–Trinajstić information content (AvgIpc) is 2.84. The molecule has 0 spiro atoms. The van der Waals surface area contributed by atoms with Crippen LogP contribution in [0.1, 0.15) is 17.5 Å². The van der Waals surface area contributed by atoms with Gasteiger partial charge >= 0.3 is 0 Å². The molecule has 3 aromatic carbocycles. The lowest BCUT2D eigenvalue weighted by Gasteiger charge is -2.21. The van der Waals surface area contributed by atoms with Gasteiger partial charge in [0.1, 0.15) is 11.9 Å². The first kappa shape index (κ1) is 23.7. The van der Waals surface area contributed by atoms with E-state index in [9.17, 15) is 13.5 Å². The van der Waals surface area contributed by atoms with E-state index in [4.69, 9.17) is 9.47 Å². The fourth-order valence-corrected chi connectivity index (χ4v) is 4.52. The largest absolute Gasteiger partial charge is 0.497 e. The Bertz CT molecular complexity index is 1080. The lowest BCUT2D eigenvalue weighted by atomic mass is 10.1. The first-order valence-corrected chi connectivity index (χ1v) is 12.1. The van der Waals surface area contributed by atoms with E-state index in [1.165, 1.54) is 0 Å². The van der Waals surface area contributed by atoms with E-state index in [-0.39, 0.29) is 23.7 Å². The molecule has 0 amide bonds. The van der Waals surface area contributed by atoms with Crippen molar-refractivity contribution in [3.05, 3.63) is 102 Å². The maximum atomic E-state index is 12.6. The first-order valence-electron chi connectivity index (χ1n) is 10.4. The molecular weight excluding hydrogens is 424 g/mol. The number of aliphatic hydroxyl groups excluding tert-OH is 1. The predicted octanol–water partition coefficient (Wildman–Crippen LogP) is 4.52. The molecule has 0 aliphatic heterocycles. The maximum absolute atomic E-state index is 12.6. The maximum Gasteiger partial charge on any atom is 0.178 e. The number of hydrogen-bond donors (Lipinski definition) is 1. The zero-order valence-electron chi connectivity index (χ0n) is 18.0. The smallest absolute Gasteiger partial charge is 0.178 e. The predicted molar refractivity (Wildman–Crippen MR) is 126 cm³/mol. The van der Waals surface area contributed by atoms with Gasteiger partial charge in [0.25, 0.3) is 0 Å². The van der Waals surface area contributed by atoms with E-state index in [1.807, 2.05) is 60.7 Å². The molecule has 0 heterocycles. The number of methoxy groups -OCH3 is 1. The topological polar surface area (TPSA) is 72.8 Å². The molecule has 0 aliphatic rings. The summed E-state index contributed by atoms with van der Waals surface area (Å²) in [6.45, 7) is 0.274. The van der Waals surface area contributed by atoms with Gasteiger partial charge in [-0.3, -0.25) is 0 Å². The summed E-state index contributed by atoms with van der Waals surface area (Å²) >= 11 is 0. The highest BCUT2D eigenvalue weighted by atomic mass is 32.2. The molecule has 2 atom stereocenters. The molecule has 0 unspecified atom stereocenters. The van der Waals surface area contributed by atoms with Gasteiger partial charge in [-0.15, -0.1) is 0 Å². The molecular formula is C26H28O5S. The Hall–Kier alpha value is -2.93. The zero-order chi connectivity index (χ0) is 22.8. The van der Waals surface area contributed by atoms with Gasteiger partial charge in [0, 0.05) is 0 Å². The van der Waals surface area contributed by atoms with Crippen molar-refractivity contribution in [1.82, 2.24) is 0 Å². The number of ether oxygens (including phenoxy) is 2. The Balaban J connectivity index is 1.69. The van der Waals surface area contributed by atoms with Crippen LogP contribution in [0.25, 0.3) is 6.08 Å². The standard InChI is InChI=1S/C26H28O5S/c1-30-23-15-12-22(13-16-23)20-31-26(17-14-21-8-4-2-5-9-21)25(27)18-19-32(28,29)24-10-6-3-7-11-24/h2-17,25-27H,18-20H2,1H3/t25-,26-/m0/s1. The van der Waals surface area contributed by atoms with Gasteiger partial charge in [-0.25, -0.2) is 8.42 Å². The molecule has 168 valence electrons. The summed E-state index contributed by atoms with van der Waals surface area (Å²) in [6.07, 6.45) is 2.06. The van der Waals surface area contributed by atoms with E-state index >= 15 is 0 Å². The van der Waals surface area contributed by atoms with E-state index in [0.717, 1.165) is 16.9 Å². The van der Waals surface area contributed by atoms with Crippen molar-refractivity contribution in [2.75, 3.05) is 12.9 Å². The van der Waals surface area contributed by atoms with Gasteiger partial charge in [-0.2, -0.15) is 0 Å². The Labute approximate surface area is 189 Å². The van der Waals surface area contributed by atoms with Gasteiger partial charge in [0.15, 0.2) is 9.84 Å². The third-order valence-electron chi connectivity index (χ3n) is 5.04. The number of hydrogen-bond acceptors (Lipinski definition) is 5. The highest BCUT2D eigenvalue weighted by Gasteiger charge is 2.22. The Morgan fingerprint density at radius 2 is 1.53 bits per heavy atom. The van der Waals surface area contributed by atoms with E-state index in [0.29, 0.717) is 0 Å². The van der Waals surface area contributed by atoms with Crippen molar-refractivity contribution >= 4 is 15.9 Å². The van der Waals surface area contributed by atoms with Gasteiger partial charge < -0.3 is 14.6 Å². The van der Waals surface area contributed by atoms with E-state index < -0.39 is 22.0 Å². The molecule has 0 fully saturated rings. The summed E-state index contributed by atoms with van der Waals surface area (Å²) in [4.78, 5) is 0.253. The lowest BCUT2D eigenvalue weighted by molar-refractivity contribution is -0.0188. The highest BCUT2D eigenvalue weighted by Crippen LogP contribution is 2.18. The molecule has 0 saturated carbocycles. The van der Waals surface area contributed by atoms with Crippen molar-refractivity contribution in [2.45, 2.75) is 30.1 Å². The summed E-state index contributed by atoms with van der Waals surface area (Å²) in [7, 11) is -1.88. The average molecular weight is 453 g/mol. The monoisotopic (exact) mass is 452 g/mol. The van der Waals surface area contributed by atoms with Crippen LogP contribution in [0.5, 0.6) is 5.75 Å². The Morgan fingerprint density at radius 3 is 2.16 bits per heavy atom.